The Hall–Kier alpha value is -1.80. The van der Waals surface area contributed by atoms with E-state index in [-0.39, 0.29) is 17.3 Å². The van der Waals surface area contributed by atoms with Gasteiger partial charge in [0.2, 0.25) is 17.1 Å². The van der Waals surface area contributed by atoms with Gasteiger partial charge in [0.15, 0.2) is 11.6 Å². The first kappa shape index (κ1) is 15.1. The van der Waals surface area contributed by atoms with E-state index < -0.39 is 0 Å². The topological polar surface area (TPSA) is 107 Å². The van der Waals surface area contributed by atoms with Gasteiger partial charge < -0.3 is 10.3 Å². The molecule has 0 saturated carbocycles. The molecule has 0 spiro atoms. The van der Waals surface area contributed by atoms with Gasteiger partial charge in [-0.25, -0.2) is 4.98 Å². The van der Waals surface area contributed by atoms with E-state index in [1.165, 1.54) is 0 Å². The van der Waals surface area contributed by atoms with Crippen molar-refractivity contribution in [1.29, 1.82) is 0 Å². The fourth-order valence-electron chi connectivity index (χ4n) is 2.74. The maximum atomic E-state index is 5.85. The van der Waals surface area contributed by atoms with Crippen LogP contribution in [0.3, 0.4) is 0 Å². The molecule has 8 nitrogen and oxygen atoms in total. The largest absolute Gasteiger partial charge is 0.368 e. The first-order chi connectivity index (χ1) is 10.5. The minimum Gasteiger partial charge on any atom is -0.368 e. The average molecular weight is 324 g/mol. The predicted molar refractivity (Wildman–Crippen MR) is 80.2 cm³/mol. The van der Waals surface area contributed by atoms with Crippen LogP contribution in [-0.2, 0) is 0 Å². The van der Waals surface area contributed by atoms with Gasteiger partial charge in [0, 0.05) is 5.92 Å². The van der Waals surface area contributed by atoms with Gasteiger partial charge in [0.25, 0.3) is 0 Å². The van der Waals surface area contributed by atoms with E-state index in [0.717, 1.165) is 31.8 Å². The molecule has 1 fully saturated rings. The Bertz CT molecular complexity index is 633. The van der Waals surface area contributed by atoms with Gasteiger partial charge in [-0.2, -0.15) is 15.0 Å². The molecule has 9 heteroatoms. The van der Waals surface area contributed by atoms with E-state index in [1.54, 1.807) is 0 Å². The Labute approximate surface area is 133 Å². The number of likely N-dealkylation sites (tertiary alicyclic amines) is 1. The molecule has 0 aromatic carbocycles. The molecule has 2 aromatic rings. The monoisotopic (exact) mass is 323 g/mol. The summed E-state index contributed by atoms with van der Waals surface area (Å²) in [6, 6.07) is 0.0353. The highest BCUT2D eigenvalue weighted by atomic mass is 35.5. The van der Waals surface area contributed by atoms with Crippen molar-refractivity contribution in [3.63, 3.8) is 0 Å². The van der Waals surface area contributed by atoms with E-state index >= 15 is 0 Å². The normalized spacial score (nSPS) is 18.5. The van der Waals surface area contributed by atoms with Crippen LogP contribution in [-0.4, -0.2) is 43.1 Å². The Morgan fingerprint density at radius 2 is 1.95 bits per heavy atom. The van der Waals surface area contributed by atoms with Crippen LogP contribution in [0.5, 0.6) is 0 Å². The molecule has 0 bridgehead atoms. The molecular weight excluding hydrogens is 306 g/mol. The summed E-state index contributed by atoms with van der Waals surface area (Å²) in [6.07, 6.45) is 1.92. The number of aromatic nitrogens is 5. The van der Waals surface area contributed by atoms with Gasteiger partial charge in [-0.15, -0.1) is 0 Å². The van der Waals surface area contributed by atoms with Gasteiger partial charge in [-0.05, 0) is 51.4 Å². The third-order valence-electron chi connectivity index (χ3n) is 3.99. The Morgan fingerprint density at radius 3 is 2.55 bits per heavy atom. The van der Waals surface area contributed by atoms with Crippen molar-refractivity contribution in [2.75, 3.05) is 18.8 Å². The molecule has 118 valence electrons. The zero-order chi connectivity index (χ0) is 15.7. The van der Waals surface area contributed by atoms with Gasteiger partial charge in [-0.1, -0.05) is 5.16 Å². The lowest BCUT2D eigenvalue weighted by Crippen LogP contribution is -2.36. The first-order valence-electron chi connectivity index (χ1n) is 7.24. The van der Waals surface area contributed by atoms with Crippen molar-refractivity contribution in [3.8, 4) is 0 Å². The summed E-state index contributed by atoms with van der Waals surface area (Å²) < 4.78 is 5.27. The van der Waals surface area contributed by atoms with Crippen LogP contribution < -0.4 is 5.73 Å². The fourth-order valence-corrected chi connectivity index (χ4v) is 2.92. The van der Waals surface area contributed by atoms with Crippen molar-refractivity contribution in [1.82, 2.24) is 30.0 Å². The lowest BCUT2D eigenvalue weighted by Gasteiger charge is -2.34. The van der Waals surface area contributed by atoms with Gasteiger partial charge >= 0.3 is 0 Å². The number of nitrogen functional groups attached to an aromatic ring is 1. The molecule has 0 radical (unpaired) electrons. The zero-order valence-corrected chi connectivity index (χ0v) is 13.3. The summed E-state index contributed by atoms with van der Waals surface area (Å²) in [4.78, 5) is 18.8. The van der Waals surface area contributed by atoms with Crippen LogP contribution in [0.2, 0.25) is 5.28 Å². The summed E-state index contributed by atoms with van der Waals surface area (Å²) in [6.45, 7) is 5.67. The molecule has 0 amide bonds. The minimum absolute atomic E-state index is 0.0353. The Kier molecular flexibility index (Phi) is 4.21. The molecule has 1 aliphatic rings. The molecule has 3 rings (SSSR count). The number of anilines is 1. The maximum absolute atomic E-state index is 5.85. The summed E-state index contributed by atoms with van der Waals surface area (Å²) in [5.41, 5.74) is 5.63. The number of rotatable bonds is 3. The second-order valence-corrected chi connectivity index (χ2v) is 5.82. The summed E-state index contributed by atoms with van der Waals surface area (Å²) >= 11 is 5.85. The van der Waals surface area contributed by atoms with Crippen molar-refractivity contribution in [2.45, 2.75) is 38.6 Å². The van der Waals surface area contributed by atoms with Crippen LogP contribution in [0.1, 0.15) is 49.3 Å². The number of hydrogen-bond acceptors (Lipinski definition) is 8. The molecule has 2 aromatic heterocycles. The highest BCUT2D eigenvalue weighted by molar-refractivity contribution is 6.28. The molecule has 22 heavy (non-hydrogen) atoms. The molecule has 1 saturated heterocycles. The Balaban J connectivity index is 1.65. The third kappa shape index (κ3) is 3.17. The lowest BCUT2D eigenvalue weighted by molar-refractivity contribution is 0.146. The zero-order valence-electron chi connectivity index (χ0n) is 12.5. The number of aryl methyl sites for hydroxylation is 1. The van der Waals surface area contributed by atoms with Gasteiger partial charge in [-0.3, -0.25) is 4.90 Å². The third-order valence-corrected chi connectivity index (χ3v) is 4.16. The first-order valence-corrected chi connectivity index (χ1v) is 7.62. The molecule has 1 aliphatic heterocycles. The molecule has 2 N–H and O–H groups in total. The van der Waals surface area contributed by atoms with Crippen molar-refractivity contribution in [3.05, 3.63) is 22.8 Å². The number of piperidine rings is 1. The van der Waals surface area contributed by atoms with Crippen LogP contribution in [0, 0.1) is 6.92 Å². The highest BCUT2D eigenvalue weighted by Gasteiger charge is 2.28. The number of nitrogens with zero attached hydrogens (tertiary/aromatic N) is 6. The molecule has 3 heterocycles. The van der Waals surface area contributed by atoms with Crippen LogP contribution in [0.4, 0.5) is 5.95 Å². The molecule has 1 atom stereocenters. The van der Waals surface area contributed by atoms with E-state index in [1.807, 2.05) is 13.8 Å². The minimum atomic E-state index is 0.0353. The van der Waals surface area contributed by atoms with E-state index in [0.29, 0.717) is 17.6 Å². The number of hydrogen-bond donors (Lipinski definition) is 1. The second-order valence-electron chi connectivity index (χ2n) is 5.49. The maximum Gasteiger partial charge on any atom is 0.229 e. The van der Waals surface area contributed by atoms with E-state index in [2.05, 4.69) is 30.0 Å². The van der Waals surface area contributed by atoms with Crippen LogP contribution in [0.25, 0.3) is 0 Å². The highest BCUT2D eigenvalue weighted by Crippen LogP contribution is 2.30. The summed E-state index contributed by atoms with van der Waals surface area (Å²) in [5.74, 6) is 2.48. The van der Waals surface area contributed by atoms with Crippen molar-refractivity contribution >= 4 is 17.5 Å². The van der Waals surface area contributed by atoms with Crippen molar-refractivity contribution in [2.24, 2.45) is 0 Å². The number of nitrogens with two attached hydrogens (primary N) is 1. The summed E-state index contributed by atoms with van der Waals surface area (Å²) in [7, 11) is 0. The SMILES string of the molecule is Cc1noc(C2CCN(C(C)c3nc(N)nc(Cl)n3)CC2)n1. The number of halogens is 1. The molecule has 0 aliphatic carbocycles. The summed E-state index contributed by atoms with van der Waals surface area (Å²) in [5, 5.41) is 3.99. The Morgan fingerprint density at radius 1 is 1.23 bits per heavy atom. The van der Waals surface area contributed by atoms with E-state index in [9.17, 15) is 0 Å². The van der Waals surface area contributed by atoms with Crippen LogP contribution in [0.15, 0.2) is 4.52 Å². The predicted octanol–water partition coefficient (Wildman–Crippen LogP) is 1.74. The average Bonchev–Trinajstić information content (AvgIpc) is 2.92. The quantitative estimate of drug-likeness (QED) is 0.910. The van der Waals surface area contributed by atoms with E-state index in [4.69, 9.17) is 21.9 Å². The fraction of sp³-hybridized carbons (Fsp3) is 0.615. The molecule has 1 unspecified atom stereocenters. The van der Waals surface area contributed by atoms with Crippen molar-refractivity contribution < 1.29 is 4.52 Å². The smallest absolute Gasteiger partial charge is 0.229 e. The van der Waals surface area contributed by atoms with Gasteiger partial charge in [0.05, 0.1) is 6.04 Å². The molecular formula is C13H18ClN7O. The van der Waals surface area contributed by atoms with Gasteiger partial charge in [0.1, 0.15) is 0 Å². The van der Waals surface area contributed by atoms with Crippen LogP contribution >= 0.6 is 11.6 Å². The lowest BCUT2D eigenvalue weighted by atomic mass is 9.95. The second kappa shape index (κ2) is 6.13. The standard InChI is InChI=1S/C13H18ClN7O/c1-7(10-17-12(14)19-13(15)18-10)21-5-3-9(4-6-21)11-16-8(2)20-22-11/h7,9H,3-6H2,1-2H3,(H2,15,17,18,19).